The first kappa shape index (κ1) is 23.3. The molecule has 5 atom stereocenters. The van der Waals surface area contributed by atoms with Gasteiger partial charge >= 0.3 is 0 Å². The van der Waals surface area contributed by atoms with E-state index in [0.717, 1.165) is 11.1 Å². The van der Waals surface area contributed by atoms with Crippen LogP contribution in [0.5, 0.6) is 5.75 Å². The summed E-state index contributed by atoms with van der Waals surface area (Å²) >= 11 is 6.35. The number of nitrogens with two attached hydrogens (primary N) is 1. The van der Waals surface area contributed by atoms with Crippen LogP contribution in [-0.4, -0.2) is 69.1 Å². The monoisotopic (exact) mass is 452 g/mol. The molecule has 2 aromatic rings. The summed E-state index contributed by atoms with van der Waals surface area (Å²) in [7, 11) is 0. The third kappa shape index (κ3) is 5.45. The largest absolute Gasteiger partial charge is 0.486 e. The summed E-state index contributed by atoms with van der Waals surface area (Å²) < 4.78 is 11.0. The number of halogens is 1. The lowest BCUT2D eigenvalue weighted by molar-refractivity contribution is -0.231. The molecule has 0 bridgehead atoms. The second-order valence-corrected chi connectivity index (χ2v) is 7.71. The molecule has 0 spiro atoms. The minimum Gasteiger partial charge on any atom is -0.486 e. The molecule has 0 aliphatic carbocycles. The fourth-order valence-corrected chi connectivity index (χ4v) is 3.58. The molecular formula is C21H25ClN2O7. The summed E-state index contributed by atoms with van der Waals surface area (Å²) in [6, 6.07) is 12.3. The maximum atomic E-state index is 10.4. The standard InChI is InChI=1S/C21H25ClN2O7/c22-15-6-3-12(21-20(28)19(27)18(26)16(9-25)31-21)8-13(15)7-11-1-4-14(5-2-11)30-10-17(23)24-29/h1-6,8,16,18-21,25-29H,7,9-10H2,(H2,23,24)/t16?,18-,19?,20-,21?/m1/s1. The number of hydrogen-bond donors (Lipinski definition) is 6. The van der Waals surface area contributed by atoms with E-state index in [0.29, 0.717) is 22.8 Å². The first-order valence-corrected chi connectivity index (χ1v) is 9.98. The normalized spacial score (nSPS) is 26.6. The maximum Gasteiger partial charge on any atom is 0.177 e. The van der Waals surface area contributed by atoms with Gasteiger partial charge in [0.2, 0.25) is 0 Å². The summed E-state index contributed by atoms with van der Waals surface area (Å²) in [4.78, 5) is 0. The van der Waals surface area contributed by atoms with Gasteiger partial charge in [0.25, 0.3) is 0 Å². The van der Waals surface area contributed by atoms with E-state index in [1.165, 1.54) is 0 Å². The second kappa shape index (κ2) is 10.3. The zero-order chi connectivity index (χ0) is 22.5. The summed E-state index contributed by atoms with van der Waals surface area (Å²) in [6.45, 7) is -0.533. The van der Waals surface area contributed by atoms with Gasteiger partial charge in [0.1, 0.15) is 42.9 Å². The van der Waals surface area contributed by atoms with E-state index in [1.807, 2.05) is 12.1 Å². The van der Waals surface area contributed by atoms with Crippen LogP contribution in [0.4, 0.5) is 0 Å². The number of benzene rings is 2. The topological polar surface area (TPSA) is 158 Å². The highest BCUT2D eigenvalue weighted by Gasteiger charge is 2.44. The highest BCUT2D eigenvalue weighted by atomic mass is 35.5. The predicted molar refractivity (Wildman–Crippen MR) is 112 cm³/mol. The molecular weight excluding hydrogens is 428 g/mol. The van der Waals surface area contributed by atoms with Crippen LogP contribution >= 0.6 is 11.6 Å². The van der Waals surface area contributed by atoms with Crippen LogP contribution in [0.25, 0.3) is 0 Å². The van der Waals surface area contributed by atoms with Gasteiger partial charge in [-0.1, -0.05) is 41.0 Å². The van der Waals surface area contributed by atoms with Crippen molar-refractivity contribution in [3.63, 3.8) is 0 Å². The zero-order valence-corrected chi connectivity index (χ0v) is 17.3. The van der Waals surface area contributed by atoms with Gasteiger partial charge in [0, 0.05) is 5.02 Å². The lowest BCUT2D eigenvalue weighted by Crippen LogP contribution is -2.55. The molecule has 0 amide bonds. The summed E-state index contributed by atoms with van der Waals surface area (Å²) in [5.74, 6) is 0.511. The van der Waals surface area contributed by atoms with E-state index in [2.05, 4.69) is 5.16 Å². The van der Waals surface area contributed by atoms with Crippen molar-refractivity contribution in [3.05, 3.63) is 64.2 Å². The number of ether oxygens (including phenoxy) is 2. The fourth-order valence-electron chi connectivity index (χ4n) is 3.39. The molecule has 1 fully saturated rings. The molecule has 0 saturated carbocycles. The molecule has 0 aromatic heterocycles. The van der Waals surface area contributed by atoms with Crippen LogP contribution in [0, 0.1) is 0 Å². The van der Waals surface area contributed by atoms with Gasteiger partial charge in [-0.15, -0.1) is 0 Å². The molecule has 10 heteroatoms. The third-order valence-corrected chi connectivity index (χ3v) is 5.49. The number of oxime groups is 1. The Bertz CT molecular complexity index is 907. The van der Waals surface area contributed by atoms with Gasteiger partial charge < -0.3 is 40.8 Å². The van der Waals surface area contributed by atoms with E-state index in [4.69, 9.17) is 32.0 Å². The number of rotatable bonds is 7. The van der Waals surface area contributed by atoms with Crippen molar-refractivity contribution in [2.24, 2.45) is 10.9 Å². The number of nitrogens with zero attached hydrogens (tertiary/aromatic N) is 1. The Hall–Kier alpha value is -2.40. The average molecular weight is 453 g/mol. The molecule has 3 rings (SSSR count). The summed E-state index contributed by atoms with van der Waals surface area (Å²) in [5, 5.41) is 51.7. The van der Waals surface area contributed by atoms with Crippen molar-refractivity contribution >= 4 is 17.4 Å². The molecule has 3 unspecified atom stereocenters. The van der Waals surface area contributed by atoms with Crippen LogP contribution in [0.2, 0.25) is 5.02 Å². The van der Waals surface area contributed by atoms with E-state index >= 15 is 0 Å². The van der Waals surface area contributed by atoms with Crippen LogP contribution < -0.4 is 10.5 Å². The lowest BCUT2D eigenvalue weighted by Gasteiger charge is -2.40. The van der Waals surface area contributed by atoms with E-state index in [-0.39, 0.29) is 12.4 Å². The minimum absolute atomic E-state index is 0.0389. The fraction of sp³-hybridized carbons (Fsp3) is 0.381. The van der Waals surface area contributed by atoms with Gasteiger partial charge in [0.05, 0.1) is 6.61 Å². The molecule has 0 radical (unpaired) electrons. The second-order valence-electron chi connectivity index (χ2n) is 7.30. The third-order valence-electron chi connectivity index (χ3n) is 5.12. The van der Waals surface area contributed by atoms with Crippen molar-refractivity contribution in [1.29, 1.82) is 0 Å². The number of aliphatic hydroxyl groups is 4. The van der Waals surface area contributed by atoms with Crippen molar-refractivity contribution in [2.75, 3.05) is 13.2 Å². The van der Waals surface area contributed by atoms with Crippen LogP contribution in [0.3, 0.4) is 0 Å². The Labute approximate surface area is 183 Å². The average Bonchev–Trinajstić information content (AvgIpc) is 2.78. The Kier molecular flexibility index (Phi) is 7.71. The molecule has 1 aliphatic heterocycles. The van der Waals surface area contributed by atoms with E-state index < -0.39 is 37.1 Å². The van der Waals surface area contributed by atoms with Crippen molar-refractivity contribution < 1.29 is 35.1 Å². The molecule has 9 nitrogen and oxygen atoms in total. The Morgan fingerprint density at radius 2 is 1.77 bits per heavy atom. The molecule has 31 heavy (non-hydrogen) atoms. The number of amidine groups is 1. The van der Waals surface area contributed by atoms with Gasteiger partial charge in [-0.25, -0.2) is 0 Å². The van der Waals surface area contributed by atoms with Gasteiger partial charge in [-0.2, -0.15) is 0 Å². The Balaban J connectivity index is 1.75. The van der Waals surface area contributed by atoms with Crippen molar-refractivity contribution in [1.82, 2.24) is 0 Å². The minimum atomic E-state index is -1.45. The smallest absolute Gasteiger partial charge is 0.177 e. The Morgan fingerprint density at radius 1 is 1.06 bits per heavy atom. The highest BCUT2D eigenvalue weighted by Crippen LogP contribution is 2.34. The van der Waals surface area contributed by atoms with Crippen LogP contribution in [0.1, 0.15) is 22.8 Å². The first-order valence-electron chi connectivity index (χ1n) is 9.61. The zero-order valence-electron chi connectivity index (χ0n) is 16.5. The molecule has 7 N–H and O–H groups in total. The first-order chi connectivity index (χ1) is 14.8. The molecule has 168 valence electrons. The predicted octanol–water partition coefficient (Wildman–Crippen LogP) is 0.571. The van der Waals surface area contributed by atoms with E-state index in [1.54, 1.807) is 30.3 Å². The maximum absolute atomic E-state index is 10.4. The van der Waals surface area contributed by atoms with Gasteiger partial charge in [-0.05, 0) is 41.3 Å². The van der Waals surface area contributed by atoms with Crippen molar-refractivity contribution in [3.8, 4) is 5.75 Å². The van der Waals surface area contributed by atoms with Gasteiger partial charge in [-0.3, -0.25) is 0 Å². The van der Waals surface area contributed by atoms with E-state index in [9.17, 15) is 20.4 Å². The van der Waals surface area contributed by atoms with Crippen molar-refractivity contribution in [2.45, 2.75) is 36.9 Å². The van der Waals surface area contributed by atoms with Crippen LogP contribution in [0.15, 0.2) is 47.6 Å². The molecule has 1 saturated heterocycles. The highest BCUT2D eigenvalue weighted by molar-refractivity contribution is 6.31. The SMILES string of the molecule is N/C(COc1ccc(Cc2cc(C3OC(CO)[C@@H](O)C(O)[C@H]3O)ccc2Cl)cc1)=N\O. The molecule has 2 aromatic carbocycles. The Morgan fingerprint density at radius 3 is 2.42 bits per heavy atom. The molecule has 1 heterocycles. The number of hydrogen-bond acceptors (Lipinski definition) is 8. The van der Waals surface area contributed by atoms with Crippen LogP contribution in [-0.2, 0) is 11.2 Å². The lowest BCUT2D eigenvalue weighted by atomic mass is 9.90. The number of aliphatic hydroxyl groups excluding tert-OH is 4. The van der Waals surface area contributed by atoms with Gasteiger partial charge in [0.15, 0.2) is 5.84 Å². The summed E-state index contributed by atoms with van der Waals surface area (Å²) in [5.41, 5.74) is 7.64. The quantitative estimate of drug-likeness (QED) is 0.154. The summed E-state index contributed by atoms with van der Waals surface area (Å²) in [6.07, 6.45) is -5.67. The molecule has 1 aliphatic rings.